The number of benzene rings is 3. The predicted octanol–water partition coefficient (Wildman–Crippen LogP) is 5.04. The van der Waals surface area contributed by atoms with E-state index in [1.165, 1.54) is 29.2 Å². The van der Waals surface area contributed by atoms with Gasteiger partial charge in [0.05, 0.1) is 17.0 Å². The van der Waals surface area contributed by atoms with Crippen LogP contribution in [0.4, 0.5) is 4.39 Å². The lowest BCUT2D eigenvalue weighted by Crippen LogP contribution is -2.29. The number of carbonyl (C=O) groups excluding carboxylic acids is 1. The van der Waals surface area contributed by atoms with Gasteiger partial charge in [0.1, 0.15) is 17.1 Å². The third kappa shape index (κ3) is 3.16. The van der Waals surface area contributed by atoms with Gasteiger partial charge in [-0.15, -0.1) is 0 Å². The maximum absolute atomic E-state index is 13.8. The van der Waals surface area contributed by atoms with E-state index in [9.17, 15) is 19.1 Å². The van der Waals surface area contributed by atoms with E-state index in [0.717, 1.165) is 6.07 Å². The Morgan fingerprint density at radius 3 is 2.61 bits per heavy atom. The molecule has 1 unspecified atom stereocenters. The number of rotatable bonds is 3. The van der Waals surface area contributed by atoms with Crippen LogP contribution in [0, 0.1) is 5.82 Å². The van der Waals surface area contributed by atoms with Crippen LogP contribution in [-0.4, -0.2) is 15.9 Å². The molecular weight excluding hydrogens is 421 g/mol. The first-order valence-electron chi connectivity index (χ1n) is 9.53. The van der Waals surface area contributed by atoms with E-state index in [4.69, 9.17) is 16.0 Å². The van der Waals surface area contributed by atoms with Crippen molar-refractivity contribution in [2.24, 2.45) is 0 Å². The molecule has 31 heavy (non-hydrogen) atoms. The lowest BCUT2D eigenvalue weighted by atomic mass is 9.98. The molecule has 5 nitrogen and oxygen atoms in total. The number of hydrogen-bond donors (Lipinski definition) is 1. The van der Waals surface area contributed by atoms with Crippen LogP contribution in [0.5, 0.6) is 5.75 Å². The molecule has 4 aromatic rings. The molecule has 154 valence electrons. The second kappa shape index (κ2) is 7.25. The summed E-state index contributed by atoms with van der Waals surface area (Å²) in [6, 6.07) is 16.2. The van der Waals surface area contributed by atoms with Gasteiger partial charge in [0.2, 0.25) is 5.76 Å². The SMILES string of the molecule is O=C1c2oc3ccc(F)cc3c(=O)c2C(c2cccc(O)c2)N1Cc1ccccc1Cl. The second-order valence-electron chi connectivity index (χ2n) is 7.34. The maximum Gasteiger partial charge on any atom is 0.291 e. The number of amides is 1. The molecule has 1 amide bonds. The van der Waals surface area contributed by atoms with Gasteiger partial charge in [0, 0.05) is 11.6 Å². The standard InChI is InChI=1S/C24H15ClFNO4/c25-18-7-2-1-4-14(18)12-27-21(13-5-3-6-16(28)10-13)20-22(29)17-11-15(26)8-9-19(17)31-23(20)24(27)30/h1-11,21,28H,12H2. The first-order valence-corrected chi connectivity index (χ1v) is 9.91. The second-order valence-corrected chi connectivity index (χ2v) is 7.74. The molecule has 0 saturated carbocycles. The van der Waals surface area contributed by atoms with Crippen LogP contribution in [0.25, 0.3) is 11.0 Å². The number of carbonyl (C=O) groups is 1. The number of phenols is 1. The Bertz CT molecular complexity index is 1410. The molecule has 5 rings (SSSR count). The van der Waals surface area contributed by atoms with Crippen molar-refractivity contribution in [2.45, 2.75) is 12.6 Å². The van der Waals surface area contributed by atoms with Crippen molar-refractivity contribution in [3.05, 3.63) is 110 Å². The molecule has 1 atom stereocenters. The monoisotopic (exact) mass is 435 g/mol. The van der Waals surface area contributed by atoms with Gasteiger partial charge in [-0.3, -0.25) is 9.59 Å². The summed E-state index contributed by atoms with van der Waals surface area (Å²) >= 11 is 6.31. The van der Waals surface area contributed by atoms with E-state index in [1.807, 2.05) is 0 Å². The van der Waals surface area contributed by atoms with Gasteiger partial charge in [-0.2, -0.15) is 0 Å². The Morgan fingerprint density at radius 2 is 1.84 bits per heavy atom. The van der Waals surface area contributed by atoms with E-state index in [0.29, 0.717) is 16.1 Å². The summed E-state index contributed by atoms with van der Waals surface area (Å²) in [7, 11) is 0. The van der Waals surface area contributed by atoms with E-state index < -0.39 is 23.2 Å². The first kappa shape index (κ1) is 19.3. The normalized spacial score (nSPS) is 15.5. The minimum Gasteiger partial charge on any atom is -0.508 e. The molecule has 0 aliphatic carbocycles. The fourth-order valence-corrected chi connectivity index (χ4v) is 4.20. The molecule has 0 spiro atoms. The minimum atomic E-state index is -0.824. The van der Waals surface area contributed by atoms with Crippen molar-refractivity contribution < 1.29 is 18.7 Å². The molecule has 1 aliphatic rings. The van der Waals surface area contributed by atoms with Crippen molar-refractivity contribution in [2.75, 3.05) is 0 Å². The summed E-state index contributed by atoms with van der Waals surface area (Å²) < 4.78 is 19.6. The topological polar surface area (TPSA) is 70.8 Å². The summed E-state index contributed by atoms with van der Waals surface area (Å²) in [5.41, 5.74) is 0.980. The van der Waals surface area contributed by atoms with Crippen LogP contribution in [-0.2, 0) is 6.54 Å². The summed E-state index contributed by atoms with van der Waals surface area (Å²) in [5, 5.41) is 10.5. The van der Waals surface area contributed by atoms with E-state index in [1.54, 1.807) is 36.4 Å². The van der Waals surface area contributed by atoms with E-state index >= 15 is 0 Å². The average molecular weight is 436 g/mol. The van der Waals surface area contributed by atoms with Crippen molar-refractivity contribution in [1.82, 2.24) is 4.90 Å². The number of phenolic OH excluding ortho intramolecular Hbond substituents is 1. The van der Waals surface area contributed by atoms with Crippen molar-refractivity contribution >= 4 is 28.5 Å². The zero-order valence-electron chi connectivity index (χ0n) is 16.0. The quantitative estimate of drug-likeness (QED) is 0.489. The third-order valence-corrected chi connectivity index (χ3v) is 5.78. The van der Waals surface area contributed by atoms with Gasteiger partial charge in [-0.05, 0) is 47.5 Å². The van der Waals surface area contributed by atoms with Gasteiger partial charge in [-0.1, -0.05) is 41.9 Å². The fraction of sp³-hybridized carbons (Fsp3) is 0.0833. The first-order chi connectivity index (χ1) is 14.9. The highest BCUT2D eigenvalue weighted by atomic mass is 35.5. The van der Waals surface area contributed by atoms with Crippen LogP contribution >= 0.6 is 11.6 Å². The van der Waals surface area contributed by atoms with Gasteiger partial charge in [0.25, 0.3) is 5.91 Å². The Balaban J connectivity index is 1.75. The molecule has 0 radical (unpaired) electrons. The Morgan fingerprint density at radius 1 is 1.03 bits per heavy atom. The van der Waals surface area contributed by atoms with Crippen LogP contribution in [0.3, 0.4) is 0 Å². The number of halogens is 2. The summed E-state index contributed by atoms with van der Waals surface area (Å²) in [4.78, 5) is 28.2. The molecular formula is C24H15ClFNO4. The molecule has 2 heterocycles. The molecule has 7 heteroatoms. The molecule has 3 aromatic carbocycles. The molecule has 1 aromatic heterocycles. The van der Waals surface area contributed by atoms with Gasteiger partial charge < -0.3 is 14.4 Å². The van der Waals surface area contributed by atoms with E-state index in [2.05, 4.69) is 0 Å². The number of nitrogens with zero attached hydrogens (tertiary/aromatic N) is 1. The van der Waals surface area contributed by atoms with Gasteiger partial charge in [0.15, 0.2) is 5.43 Å². The van der Waals surface area contributed by atoms with Crippen LogP contribution in [0.15, 0.2) is 75.9 Å². The highest BCUT2D eigenvalue weighted by molar-refractivity contribution is 6.31. The van der Waals surface area contributed by atoms with Crippen molar-refractivity contribution in [3.63, 3.8) is 0 Å². The fourth-order valence-electron chi connectivity index (χ4n) is 4.01. The molecule has 0 saturated heterocycles. The van der Waals surface area contributed by atoms with Crippen LogP contribution < -0.4 is 5.43 Å². The highest BCUT2D eigenvalue weighted by Gasteiger charge is 2.43. The molecule has 1 N–H and O–H groups in total. The van der Waals surface area contributed by atoms with Crippen LogP contribution in [0.2, 0.25) is 5.02 Å². The largest absolute Gasteiger partial charge is 0.508 e. The number of hydrogen-bond acceptors (Lipinski definition) is 4. The average Bonchev–Trinajstić information content (AvgIpc) is 3.02. The van der Waals surface area contributed by atoms with Crippen molar-refractivity contribution in [3.8, 4) is 5.75 Å². The Labute approximate surface area is 180 Å². The number of fused-ring (bicyclic) bond motifs is 2. The van der Waals surface area contributed by atoms with Gasteiger partial charge >= 0.3 is 0 Å². The lowest BCUT2D eigenvalue weighted by molar-refractivity contribution is 0.0714. The lowest BCUT2D eigenvalue weighted by Gasteiger charge is -2.25. The van der Waals surface area contributed by atoms with E-state index in [-0.39, 0.29) is 34.6 Å². The third-order valence-electron chi connectivity index (χ3n) is 5.41. The number of aromatic hydroxyl groups is 1. The Hall–Kier alpha value is -3.64. The Kier molecular flexibility index (Phi) is 4.52. The van der Waals surface area contributed by atoms with Crippen LogP contribution in [0.1, 0.15) is 33.3 Å². The zero-order chi connectivity index (χ0) is 21.7. The highest BCUT2D eigenvalue weighted by Crippen LogP contribution is 2.40. The minimum absolute atomic E-state index is 0.00712. The smallest absolute Gasteiger partial charge is 0.291 e. The predicted molar refractivity (Wildman–Crippen MR) is 114 cm³/mol. The van der Waals surface area contributed by atoms with Crippen molar-refractivity contribution in [1.29, 1.82) is 0 Å². The molecule has 0 bridgehead atoms. The summed E-state index contributed by atoms with van der Waals surface area (Å²) in [6.45, 7) is 0.118. The summed E-state index contributed by atoms with van der Waals surface area (Å²) in [5.74, 6) is -1.16. The van der Waals surface area contributed by atoms with Gasteiger partial charge in [-0.25, -0.2) is 4.39 Å². The summed E-state index contributed by atoms with van der Waals surface area (Å²) in [6.07, 6.45) is 0. The molecule has 1 aliphatic heterocycles. The zero-order valence-corrected chi connectivity index (χ0v) is 16.8. The molecule has 0 fully saturated rings. The maximum atomic E-state index is 13.8.